The van der Waals surface area contributed by atoms with Gasteiger partial charge in [-0.15, -0.1) is 5.92 Å². The Kier molecular flexibility index (Phi) is 10.6. The monoisotopic (exact) mass is 411 g/mol. The van der Waals surface area contributed by atoms with Gasteiger partial charge in [0, 0.05) is 19.4 Å². The SMILES string of the molecule is Cc1cccc(OCC(O)CCCN(CC#CCCCC(=O)O)S(C)(=O)=O)c1. The van der Waals surface area contributed by atoms with Crippen molar-refractivity contribution < 1.29 is 28.2 Å². The Morgan fingerprint density at radius 2 is 2.04 bits per heavy atom. The standard InChI is InChI=1S/C20H29NO6S/c1-17-9-7-11-19(15-17)27-16-18(22)10-8-14-21(28(2,25)26)13-6-4-3-5-12-20(23)24/h7,9,11,15,18,22H,3,5,8,10,12-14,16H2,1-2H3,(H,23,24). The maximum atomic E-state index is 11.9. The zero-order chi connectivity index (χ0) is 21.0. The summed E-state index contributed by atoms with van der Waals surface area (Å²) < 4.78 is 30.5. The fraction of sp³-hybridized carbons (Fsp3) is 0.550. The third-order valence-electron chi connectivity index (χ3n) is 3.92. The van der Waals surface area contributed by atoms with E-state index in [1.807, 2.05) is 31.2 Å². The predicted octanol–water partition coefficient (Wildman–Crippen LogP) is 2.03. The lowest BCUT2D eigenvalue weighted by Crippen LogP contribution is -2.32. The fourth-order valence-corrected chi connectivity index (χ4v) is 3.17. The second-order valence-corrected chi connectivity index (χ2v) is 8.60. The Bertz CT molecular complexity index is 781. The Hall–Kier alpha value is -2.08. The Labute approximate surface area is 167 Å². The summed E-state index contributed by atoms with van der Waals surface area (Å²) >= 11 is 0. The Morgan fingerprint density at radius 3 is 2.68 bits per heavy atom. The van der Waals surface area contributed by atoms with E-state index in [2.05, 4.69) is 11.8 Å². The first-order valence-electron chi connectivity index (χ1n) is 9.18. The number of aliphatic hydroxyl groups excluding tert-OH is 1. The van der Waals surface area contributed by atoms with Gasteiger partial charge in [0.15, 0.2) is 0 Å². The van der Waals surface area contributed by atoms with E-state index in [1.54, 1.807) is 0 Å². The topological polar surface area (TPSA) is 104 Å². The molecule has 2 N–H and O–H groups in total. The molecule has 156 valence electrons. The number of ether oxygens (including phenoxy) is 1. The highest BCUT2D eigenvalue weighted by Crippen LogP contribution is 2.13. The van der Waals surface area contributed by atoms with Crippen LogP contribution in [0.2, 0.25) is 0 Å². The van der Waals surface area contributed by atoms with E-state index < -0.39 is 22.1 Å². The number of hydrogen-bond acceptors (Lipinski definition) is 5. The summed E-state index contributed by atoms with van der Waals surface area (Å²) in [6, 6.07) is 7.54. The van der Waals surface area contributed by atoms with Crippen LogP contribution < -0.4 is 4.74 Å². The maximum Gasteiger partial charge on any atom is 0.303 e. The lowest BCUT2D eigenvalue weighted by atomic mass is 10.2. The van der Waals surface area contributed by atoms with Gasteiger partial charge in [-0.1, -0.05) is 18.1 Å². The molecule has 0 aliphatic heterocycles. The minimum absolute atomic E-state index is 0.0486. The van der Waals surface area contributed by atoms with Crippen molar-refractivity contribution in [3.8, 4) is 17.6 Å². The van der Waals surface area contributed by atoms with Gasteiger partial charge in [0.25, 0.3) is 0 Å². The molecule has 0 bridgehead atoms. The van der Waals surface area contributed by atoms with Gasteiger partial charge < -0.3 is 14.9 Å². The molecule has 8 heteroatoms. The van der Waals surface area contributed by atoms with Crippen molar-refractivity contribution in [1.82, 2.24) is 4.31 Å². The first kappa shape index (κ1) is 24.0. The third kappa shape index (κ3) is 10.9. The van der Waals surface area contributed by atoms with Crippen LogP contribution in [-0.4, -0.2) is 61.0 Å². The fourth-order valence-electron chi connectivity index (χ4n) is 2.41. The number of aliphatic carboxylic acids is 1. The summed E-state index contributed by atoms with van der Waals surface area (Å²) in [6.45, 7) is 2.41. The third-order valence-corrected chi connectivity index (χ3v) is 5.17. The number of aryl methyl sites for hydroxylation is 1. The van der Waals surface area contributed by atoms with Crippen LogP contribution >= 0.6 is 0 Å². The van der Waals surface area contributed by atoms with E-state index in [-0.39, 0.29) is 26.1 Å². The molecule has 0 aliphatic carbocycles. The van der Waals surface area contributed by atoms with Crippen molar-refractivity contribution in [2.24, 2.45) is 0 Å². The molecule has 0 saturated carbocycles. The number of carboxylic acids is 1. The summed E-state index contributed by atoms with van der Waals surface area (Å²) in [7, 11) is -3.41. The number of hydrogen-bond donors (Lipinski definition) is 2. The normalized spacial score (nSPS) is 12.3. The van der Waals surface area contributed by atoms with Gasteiger partial charge in [-0.05, 0) is 43.9 Å². The molecule has 0 aliphatic rings. The lowest BCUT2D eigenvalue weighted by Gasteiger charge is -2.18. The molecule has 1 aromatic carbocycles. The van der Waals surface area contributed by atoms with Crippen LogP contribution in [0.15, 0.2) is 24.3 Å². The number of sulfonamides is 1. The van der Waals surface area contributed by atoms with Crippen molar-refractivity contribution in [3.05, 3.63) is 29.8 Å². The van der Waals surface area contributed by atoms with Crippen LogP contribution in [0.3, 0.4) is 0 Å². The maximum absolute atomic E-state index is 11.9. The number of carboxylic acid groups (broad SMARTS) is 1. The molecule has 1 unspecified atom stereocenters. The van der Waals surface area contributed by atoms with E-state index in [1.165, 1.54) is 4.31 Å². The summed E-state index contributed by atoms with van der Waals surface area (Å²) in [5.74, 6) is 5.39. The highest BCUT2D eigenvalue weighted by molar-refractivity contribution is 7.88. The average molecular weight is 412 g/mol. The summed E-state index contributed by atoms with van der Waals surface area (Å²) in [4.78, 5) is 10.4. The molecule has 28 heavy (non-hydrogen) atoms. The molecule has 0 amide bonds. The van der Waals surface area contributed by atoms with Gasteiger partial charge >= 0.3 is 5.97 Å². The first-order chi connectivity index (χ1) is 13.2. The van der Waals surface area contributed by atoms with Gasteiger partial charge in [-0.25, -0.2) is 8.42 Å². The number of carbonyl (C=O) groups is 1. The minimum Gasteiger partial charge on any atom is -0.491 e. The van der Waals surface area contributed by atoms with Crippen LogP contribution in [0.1, 0.15) is 37.7 Å². The summed E-state index contributed by atoms with van der Waals surface area (Å²) in [5.41, 5.74) is 1.07. The summed E-state index contributed by atoms with van der Waals surface area (Å²) in [6.07, 6.45) is 2.22. The quantitative estimate of drug-likeness (QED) is 0.403. The smallest absolute Gasteiger partial charge is 0.303 e. The highest BCUT2D eigenvalue weighted by atomic mass is 32.2. The molecule has 0 saturated heterocycles. The minimum atomic E-state index is -3.41. The average Bonchev–Trinajstić information content (AvgIpc) is 2.60. The zero-order valence-electron chi connectivity index (χ0n) is 16.4. The molecular formula is C20H29NO6S. The van der Waals surface area contributed by atoms with Crippen molar-refractivity contribution in [1.29, 1.82) is 0 Å². The summed E-state index contributed by atoms with van der Waals surface area (Å²) in [5, 5.41) is 18.6. The van der Waals surface area contributed by atoms with Crippen LogP contribution in [0.25, 0.3) is 0 Å². The molecule has 7 nitrogen and oxygen atoms in total. The zero-order valence-corrected chi connectivity index (χ0v) is 17.2. The molecule has 0 aromatic heterocycles. The van der Waals surface area contributed by atoms with Crippen LogP contribution in [0, 0.1) is 18.8 Å². The van der Waals surface area contributed by atoms with Crippen molar-refractivity contribution in [3.63, 3.8) is 0 Å². The van der Waals surface area contributed by atoms with E-state index in [4.69, 9.17) is 9.84 Å². The van der Waals surface area contributed by atoms with Crippen LogP contribution in [0.4, 0.5) is 0 Å². The molecule has 1 atom stereocenters. The van der Waals surface area contributed by atoms with E-state index in [9.17, 15) is 18.3 Å². The number of aliphatic hydroxyl groups is 1. The van der Waals surface area contributed by atoms with Gasteiger partial charge in [-0.3, -0.25) is 4.79 Å². The number of nitrogens with zero attached hydrogens (tertiary/aromatic N) is 1. The molecule has 0 fully saturated rings. The number of rotatable bonds is 12. The molecular weight excluding hydrogens is 382 g/mol. The number of benzene rings is 1. The van der Waals surface area contributed by atoms with Crippen molar-refractivity contribution in [2.45, 2.75) is 45.1 Å². The molecule has 0 spiro atoms. The van der Waals surface area contributed by atoms with Gasteiger partial charge in [0.2, 0.25) is 10.0 Å². The molecule has 1 aromatic rings. The number of unbranched alkanes of at least 4 members (excludes halogenated alkanes) is 1. The molecule has 0 heterocycles. The van der Waals surface area contributed by atoms with E-state index in [0.717, 1.165) is 11.8 Å². The van der Waals surface area contributed by atoms with Crippen LogP contribution in [0.5, 0.6) is 5.75 Å². The Morgan fingerprint density at radius 1 is 1.29 bits per heavy atom. The van der Waals surface area contributed by atoms with Gasteiger partial charge in [0.05, 0.1) is 18.9 Å². The lowest BCUT2D eigenvalue weighted by molar-refractivity contribution is -0.137. The predicted molar refractivity (Wildman–Crippen MR) is 108 cm³/mol. The van der Waals surface area contributed by atoms with Gasteiger partial charge in [-0.2, -0.15) is 4.31 Å². The molecule has 0 radical (unpaired) electrons. The van der Waals surface area contributed by atoms with Crippen molar-refractivity contribution >= 4 is 16.0 Å². The first-order valence-corrected chi connectivity index (χ1v) is 11.0. The molecule has 1 rings (SSSR count). The Balaban J connectivity index is 2.36. The second-order valence-electron chi connectivity index (χ2n) is 6.62. The van der Waals surface area contributed by atoms with Crippen LogP contribution in [-0.2, 0) is 14.8 Å². The van der Waals surface area contributed by atoms with Crippen molar-refractivity contribution in [2.75, 3.05) is 26.0 Å². The highest BCUT2D eigenvalue weighted by Gasteiger charge is 2.16. The van der Waals surface area contributed by atoms with Gasteiger partial charge in [0.1, 0.15) is 12.4 Å². The largest absolute Gasteiger partial charge is 0.491 e. The van der Waals surface area contributed by atoms with E-state index in [0.29, 0.717) is 31.4 Å². The van der Waals surface area contributed by atoms with E-state index >= 15 is 0 Å². The second kappa shape index (κ2) is 12.4.